The average Bonchev–Trinajstić information content (AvgIpc) is 3.29. The number of likely N-dealkylation sites (tertiary alicyclic amines) is 1. The number of para-hydroxylation sites is 2. The first-order valence-electron chi connectivity index (χ1n) is 13.9. The van der Waals surface area contributed by atoms with Gasteiger partial charge in [-0.1, -0.05) is 42.5 Å². The van der Waals surface area contributed by atoms with Crippen LogP contribution in [0.5, 0.6) is 11.5 Å². The number of piperazine rings is 1. The van der Waals surface area contributed by atoms with Gasteiger partial charge in [0.1, 0.15) is 19.3 Å². The number of aliphatic hydroxyl groups is 1. The molecule has 3 aromatic carbocycles. The highest BCUT2D eigenvalue weighted by Gasteiger charge is 2.54. The Morgan fingerprint density at radius 3 is 2.20 bits per heavy atom. The number of hydrogen-bond acceptors (Lipinski definition) is 7. The van der Waals surface area contributed by atoms with E-state index in [-0.39, 0.29) is 18.6 Å². The molecule has 6 rings (SSSR count). The summed E-state index contributed by atoms with van der Waals surface area (Å²) < 4.78 is 11.3. The van der Waals surface area contributed by atoms with E-state index in [0.29, 0.717) is 44.1 Å². The van der Waals surface area contributed by atoms with Gasteiger partial charge in [0.25, 0.3) is 0 Å². The van der Waals surface area contributed by atoms with E-state index in [4.69, 9.17) is 9.47 Å². The van der Waals surface area contributed by atoms with Crippen molar-refractivity contribution >= 4 is 23.4 Å². The van der Waals surface area contributed by atoms with E-state index in [1.165, 1.54) is 0 Å². The van der Waals surface area contributed by atoms with E-state index in [2.05, 4.69) is 0 Å². The maximum absolute atomic E-state index is 13.8. The molecule has 3 aliphatic heterocycles. The molecular weight excluding hydrogens is 524 g/mol. The van der Waals surface area contributed by atoms with E-state index in [1.54, 1.807) is 26.6 Å². The smallest absolute Gasteiger partial charge is 0.323 e. The van der Waals surface area contributed by atoms with Crippen LogP contribution in [0, 0.1) is 0 Å². The fourth-order valence-corrected chi connectivity index (χ4v) is 6.29. The minimum atomic E-state index is -1.25. The Kier molecular flexibility index (Phi) is 7.42. The summed E-state index contributed by atoms with van der Waals surface area (Å²) >= 11 is 0. The quantitative estimate of drug-likeness (QED) is 0.423. The number of carbonyl (C=O) groups is 2. The molecule has 3 aromatic rings. The minimum absolute atomic E-state index is 0.226. The number of urea groups is 1. The van der Waals surface area contributed by atoms with Crippen molar-refractivity contribution < 1.29 is 29.3 Å². The van der Waals surface area contributed by atoms with E-state index in [1.807, 2.05) is 78.9 Å². The van der Waals surface area contributed by atoms with Gasteiger partial charge in [0.15, 0.2) is 17.9 Å². The summed E-state index contributed by atoms with van der Waals surface area (Å²) in [7, 11) is 1.72. The van der Waals surface area contributed by atoms with Crippen LogP contribution in [-0.4, -0.2) is 88.2 Å². The number of aliphatic carboxylic acids is 1. The van der Waals surface area contributed by atoms with Gasteiger partial charge in [0.2, 0.25) is 0 Å². The number of hydrogen-bond donors (Lipinski definition) is 2. The molecule has 3 heterocycles. The fourth-order valence-electron chi connectivity index (χ4n) is 6.29. The highest BCUT2D eigenvalue weighted by atomic mass is 16.6. The Hall–Kier alpha value is -4.28. The van der Waals surface area contributed by atoms with Gasteiger partial charge < -0.3 is 34.4 Å². The van der Waals surface area contributed by atoms with Crippen molar-refractivity contribution in [3.8, 4) is 11.5 Å². The Labute approximate surface area is 238 Å². The molecule has 41 heavy (non-hydrogen) atoms. The molecule has 2 amide bonds. The van der Waals surface area contributed by atoms with Gasteiger partial charge in [0, 0.05) is 37.6 Å². The molecule has 2 saturated heterocycles. The molecule has 0 aromatic heterocycles. The molecule has 1 unspecified atom stereocenters. The number of carbonyl (C=O) groups excluding carboxylic acids is 1. The summed E-state index contributed by atoms with van der Waals surface area (Å²) in [6, 6.07) is 22.4. The molecule has 0 saturated carbocycles. The first kappa shape index (κ1) is 26.9. The number of nitrogens with zero attached hydrogens (tertiary/aromatic N) is 4. The first-order valence-corrected chi connectivity index (χ1v) is 13.9. The van der Waals surface area contributed by atoms with Crippen LogP contribution in [-0.2, 0) is 11.3 Å². The summed E-state index contributed by atoms with van der Waals surface area (Å²) in [5.41, 5.74) is 2.36. The number of amides is 2. The maximum atomic E-state index is 13.8. The number of ether oxygens (including phenoxy) is 2. The molecule has 2 bridgehead atoms. The largest absolute Gasteiger partial charge is 0.486 e. The topological polar surface area (TPSA) is 106 Å². The van der Waals surface area contributed by atoms with Crippen molar-refractivity contribution in [2.45, 2.75) is 43.9 Å². The van der Waals surface area contributed by atoms with Crippen LogP contribution < -0.4 is 14.4 Å². The number of carboxylic acid groups (broad SMARTS) is 1. The lowest BCUT2D eigenvalue weighted by Crippen LogP contribution is -2.68. The molecule has 2 fully saturated rings. The fraction of sp³-hybridized carbons (Fsp3) is 0.355. The highest BCUT2D eigenvalue weighted by molar-refractivity contribution is 5.80. The summed E-state index contributed by atoms with van der Waals surface area (Å²) in [6.07, 6.45) is -0.0417. The lowest BCUT2D eigenvalue weighted by molar-refractivity contribution is -0.156. The predicted molar refractivity (Wildman–Crippen MR) is 152 cm³/mol. The molecule has 0 radical (unpaired) electrons. The van der Waals surface area contributed by atoms with E-state index in [0.717, 1.165) is 16.9 Å². The van der Waals surface area contributed by atoms with Crippen molar-refractivity contribution in [3.63, 3.8) is 0 Å². The molecule has 0 aliphatic carbocycles. The molecular formula is C31H34N4O6. The summed E-state index contributed by atoms with van der Waals surface area (Å²) in [5, 5.41) is 22.2. The SMILES string of the molecule is CN(Cc1ccc2c(c1)OCCO2)C(=O)N1[C@H]2CC[C@@H]1[C@@H](C(=O)O)N(C(O)N(c1ccccc1)c1ccccc1)C2. The zero-order chi connectivity index (χ0) is 28.5. The van der Waals surface area contributed by atoms with Gasteiger partial charge in [-0.3, -0.25) is 4.79 Å². The van der Waals surface area contributed by atoms with Gasteiger partial charge in [-0.15, -0.1) is 0 Å². The predicted octanol–water partition coefficient (Wildman–Crippen LogP) is 3.73. The van der Waals surface area contributed by atoms with Crippen molar-refractivity contribution in [3.05, 3.63) is 84.4 Å². The number of fused-ring (bicyclic) bond motifs is 3. The van der Waals surface area contributed by atoms with Crippen molar-refractivity contribution in [1.29, 1.82) is 0 Å². The van der Waals surface area contributed by atoms with Crippen LogP contribution in [0.1, 0.15) is 18.4 Å². The molecule has 10 nitrogen and oxygen atoms in total. The van der Waals surface area contributed by atoms with Crippen molar-refractivity contribution in [2.75, 3.05) is 31.7 Å². The highest BCUT2D eigenvalue weighted by Crippen LogP contribution is 2.39. The van der Waals surface area contributed by atoms with Crippen LogP contribution in [0.2, 0.25) is 0 Å². The molecule has 214 valence electrons. The molecule has 4 atom stereocenters. The second kappa shape index (κ2) is 11.3. The van der Waals surface area contributed by atoms with Crippen molar-refractivity contribution in [2.24, 2.45) is 0 Å². The summed E-state index contributed by atoms with van der Waals surface area (Å²) in [6.45, 7) is 1.56. The standard InChI is InChI=1S/C31H34N4O6/c1-32(19-21-12-15-26-27(18-21)41-17-16-40-26)30(38)35-24-13-14-25(35)28(29(36)37)33(20-24)31(39)34(22-8-4-2-5-9-22)23-10-6-3-7-11-23/h2-12,15,18,24-25,28,31,39H,13-14,16-17,19-20H2,1H3,(H,36,37)/t24-,25+,28-,31?/m0/s1. The van der Waals surface area contributed by atoms with E-state index in [9.17, 15) is 19.8 Å². The third-order valence-electron chi connectivity index (χ3n) is 8.11. The number of aliphatic hydroxyl groups excluding tert-OH is 1. The van der Waals surface area contributed by atoms with Crippen LogP contribution >= 0.6 is 0 Å². The first-order chi connectivity index (χ1) is 19.9. The lowest BCUT2D eigenvalue weighted by atomic mass is 10.0. The Balaban J connectivity index is 1.24. The van der Waals surface area contributed by atoms with Gasteiger partial charge in [-0.05, 0) is 54.8 Å². The molecule has 3 aliphatic rings. The maximum Gasteiger partial charge on any atom is 0.323 e. The van der Waals surface area contributed by atoms with Crippen LogP contribution in [0.15, 0.2) is 78.9 Å². The summed E-state index contributed by atoms with van der Waals surface area (Å²) in [4.78, 5) is 33.2. The Bertz CT molecular complexity index is 1350. The number of rotatable bonds is 7. The van der Waals surface area contributed by atoms with Crippen molar-refractivity contribution in [1.82, 2.24) is 14.7 Å². The number of anilines is 2. The zero-order valence-corrected chi connectivity index (χ0v) is 22.9. The average molecular weight is 559 g/mol. The van der Waals surface area contributed by atoms with Crippen LogP contribution in [0.3, 0.4) is 0 Å². The van der Waals surface area contributed by atoms with E-state index < -0.39 is 24.4 Å². The third kappa shape index (κ3) is 5.16. The molecule has 0 spiro atoms. The Morgan fingerprint density at radius 1 is 0.927 bits per heavy atom. The third-order valence-corrected chi connectivity index (χ3v) is 8.11. The minimum Gasteiger partial charge on any atom is -0.486 e. The number of benzene rings is 3. The van der Waals surface area contributed by atoms with Crippen LogP contribution in [0.25, 0.3) is 0 Å². The normalized spacial score (nSPS) is 22.2. The zero-order valence-electron chi connectivity index (χ0n) is 22.9. The Morgan fingerprint density at radius 2 is 1.56 bits per heavy atom. The van der Waals surface area contributed by atoms with Gasteiger partial charge in [-0.2, -0.15) is 0 Å². The van der Waals surface area contributed by atoms with E-state index >= 15 is 0 Å². The second-order valence-corrected chi connectivity index (χ2v) is 10.7. The number of carboxylic acids is 1. The van der Waals surface area contributed by atoms with Gasteiger partial charge in [0.05, 0.1) is 6.04 Å². The second-order valence-electron chi connectivity index (χ2n) is 10.7. The van der Waals surface area contributed by atoms with Crippen LogP contribution in [0.4, 0.5) is 16.2 Å². The molecule has 10 heteroatoms. The van der Waals surface area contributed by atoms with Gasteiger partial charge >= 0.3 is 12.0 Å². The lowest BCUT2D eigenvalue weighted by Gasteiger charge is -2.49. The van der Waals surface area contributed by atoms with Gasteiger partial charge in [-0.25, -0.2) is 9.69 Å². The molecule has 2 N–H and O–H groups in total. The summed E-state index contributed by atoms with van der Waals surface area (Å²) in [5.74, 6) is 0.276. The monoisotopic (exact) mass is 558 g/mol.